The Morgan fingerprint density at radius 1 is 0.541 bits per heavy atom. The second-order valence-corrected chi connectivity index (χ2v) is 9.31. The molecule has 1 aliphatic rings. The molecule has 0 unspecified atom stereocenters. The van der Waals surface area contributed by atoms with Crippen molar-refractivity contribution in [3.63, 3.8) is 0 Å². The third-order valence-corrected chi connectivity index (χ3v) is 7.29. The van der Waals surface area contributed by atoms with Gasteiger partial charge in [-0.3, -0.25) is 0 Å². The smallest absolute Gasteiger partial charge is 0.141 e. The van der Waals surface area contributed by atoms with Crippen LogP contribution in [0.4, 0.5) is 5.69 Å². The van der Waals surface area contributed by atoms with Gasteiger partial charge in [-0.2, -0.15) is 0 Å². The number of rotatable bonds is 5. The lowest BCUT2D eigenvalue weighted by Crippen LogP contribution is -2.47. The molecule has 1 N–H and O–H groups in total. The van der Waals surface area contributed by atoms with Gasteiger partial charge in [0.25, 0.3) is 0 Å². The Kier molecular flexibility index (Phi) is 5.72. The average Bonchev–Trinajstić information content (AvgIpc) is 2.99. The fourth-order valence-corrected chi connectivity index (χ4v) is 5.50. The van der Waals surface area contributed by atoms with Gasteiger partial charge in [-0.05, 0) is 34.4 Å². The number of hydrogen-bond donors (Lipinski definition) is 1. The maximum Gasteiger partial charge on any atom is 0.141 e. The third-order valence-electron chi connectivity index (χ3n) is 7.29. The largest absolute Gasteiger partial charge is 0.376 e. The molecule has 0 bridgehead atoms. The summed E-state index contributed by atoms with van der Waals surface area (Å²) in [6.45, 7) is 0. The van der Waals surface area contributed by atoms with Crippen molar-refractivity contribution in [2.45, 2.75) is 11.1 Å². The predicted molar refractivity (Wildman–Crippen MR) is 147 cm³/mol. The minimum absolute atomic E-state index is 0.512. The molecule has 0 amide bonds. The summed E-state index contributed by atoms with van der Waals surface area (Å²) in [4.78, 5) is 0. The Morgan fingerprint density at radius 2 is 0.946 bits per heavy atom. The lowest BCUT2D eigenvalue weighted by molar-refractivity contribution is 0.108. The summed E-state index contributed by atoms with van der Waals surface area (Å²) in [7, 11) is 0. The van der Waals surface area contributed by atoms with E-state index >= 15 is 0 Å². The van der Waals surface area contributed by atoms with Crippen LogP contribution in [0.5, 0.6) is 0 Å². The fourth-order valence-electron chi connectivity index (χ4n) is 5.50. The van der Waals surface area contributed by atoms with E-state index < -0.39 is 11.1 Å². The number of fused-ring (bicyclic) bond motifs is 1. The maximum atomic E-state index is 14.5. The number of aliphatic hydroxyl groups is 1. The molecule has 0 aliphatic carbocycles. The van der Waals surface area contributed by atoms with E-state index in [-0.39, 0.29) is 0 Å². The highest BCUT2D eigenvalue weighted by molar-refractivity contribution is 5.89. The maximum absolute atomic E-state index is 14.5. The van der Waals surface area contributed by atoms with E-state index in [2.05, 4.69) is 0 Å². The fraction of sp³-hybridized carbons (Fsp3) is 0.0588. The summed E-state index contributed by atoms with van der Waals surface area (Å²) in [5.41, 5.74) is 2.30. The number of nitrogens with zero attached hydrogens (tertiary/aromatic N) is 1. The molecular weight excluding hydrogens is 454 g/mol. The molecule has 0 saturated heterocycles. The van der Waals surface area contributed by atoms with Crippen LogP contribution in [0.25, 0.3) is 5.57 Å². The van der Waals surface area contributed by atoms with Crippen molar-refractivity contribution in [3.8, 4) is 0 Å². The summed E-state index contributed by atoms with van der Waals surface area (Å²) in [6.07, 6.45) is 1.97. The molecule has 1 radical (unpaired) electrons. The number of benzene rings is 5. The summed E-state index contributed by atoms with van der Waals surface area (Å²) in [5, 5.41) is 28.4. The van der Waals surface area contributed by atoms with Gasteiger partial charge in [-0.15, -0.1) is 0 Å². The molecule has 5 aromatic carbocycles. The summed E-state index contributed by atoms with van der Waals surface area (Å²) in [6, 6.07) is 46.5. The number of hydrogen-bond acceptors (Lipinski definition) is 2. The molecule has 3 nitrogen and oxygen atoms in total. The second-order valence-electron chi connectivity index (χ2n) is 9.31. The van der Waals surface area contributed by atoms with Crippen LogP contribution in [0.3, 0.4) is 0 Å². The average molecular weight is 481 g/mol. The molecule has 6 rings (SSSR count). The van der Waals surface area contributed by atoms with Crippen molar-refractivity contribution < 1.29 is 10.3 Å². The highest BCUT2D eigenvalue weighted by atomic mass is 16.5. The van der Waals surface area contributed by atoms with Gasteiger partial charge in [0.05, 0.1) is 5.69 Å². The minimum Gasteiger partial charge on any atom is -0.376 e. The number of anilines is 1. The van der Waals surface area contributed by atoms with E-state index in [1.807, 2.05) is 152 Å². The molecule has 5 aromatic rings. The van der Waals surface area contributed by atoms with Gasteiger partial charge in [0.2, 0.25) is 0 Å². The van der Waals surface area contributed by atoms with Gasteiger partial charge < -0.3 is 5.11 Å². The van der Waals surface area contributed by atoms with Crippen LogP contribution in [0.1, 0.15) is 27.8 Å². The quantitative estimate of drug-likeness (QED) is 0.291. The van der Waals surface area contributed by atoms with Crippen LogP contribution in [0, 0.1) is 0 Å². The Morgan fingerprint density at radius 3 is 1.43 bits per heavy atom. The first-order chi connectivity index (χ1) is 18.2. The summed E-state index contributed by atoms with van der Waals surface area (Å²) in [5.74, 6) is 0. The van der Waals surface area contributed by atoms with Crippen LogP contribution in [0.15, 0.2) is 152 Å². The van der Waals surface area contributed by atoms with Crippen LogP contribution in [0.2, 0.25) is 0 Å². The molecule has 37 heavy (non-hydrogen) atoms. The van der Waals surface area contributed by atoms with Gasteiger partial charge in [-0.25, -0.2) is 5.06 Å². The normalized spacial score (nSPS) is 14.5. The zero-order valence-corrected chi connectivity index (χ0v) is 20.2. The van der Waals surface area contributed by atoms with Crippen molar-refractivity contribution in [2.24, 2.45) is 0 Å². The predicted octanol–water partition coefficient (Wildman–Crippen LogP) is 7.12. The Balaban J connectivity index is 1.75. The van der Waals surface area contributed by atoms with Gasteiger partial charge in [-0.1, -0.05) is 145 Å². The van der Waals surface area contributed by atoms with Gasteiger partial charge in [0.1, 0.15) is 11.1 Å². The molecule has 0 aromatic heterocycles. The molecule has 1 aliphatic heterocycles. The molecule has 0 spiro atoms. The van der Waals surface area contributed by atoms with Crippen molar-refractivity contribution in [3.05, 3.63) is 179 Å². The highest BCUT2D eigenvalue weighted by Crippen LogP contribution is 2.53. The SMILES string of the molecule is [O]N1c2ccccc2C(C(O)(c2ccccc2)c2ccccc2)=CC1(c1ccccc1)c1ccccc1. The van der Waals surface area contributed by atoms with E-state index in [4.69, 9.17) is 0 Å². The molecule has 179 valence electrons. The molecular formula is C34H26NO2. The van der Waals surface area contributed by atoms with Gasteiger partial charge in [0, 0.05) is 11.1 Å². The molecule has 0 fully saturated rings. The lowest BCUT2D eigenvalue weighted by Gasteiger charge is -2.46. The Labute approximate surface area is 217 Å². The van der Waals surface area contributed by atoms with E-state index in [1.54, 1.807) is 0 Å². The van der Waals surface area contributed by atoms with Crippen LogP contribution >= 0.6 is 0 Å². The third kappa shape index (κ3) is 3.60. The monoisotopic (exact) mass is 480 g/mol. The van der Waals surface area contributed by atoms with Gasteiger partial charge >= 0.3 is 0 Å². The van der Waals surface area contributed by atoms with Crippen molar-refractivity contribution in [1.82, 2.24) is 0 Å². The van der Waals surface area contributed by atoms with Gasteiger partial charge in [0.15, 0.2) is 0 Å². The number of hydroxylamine groups is 1. The molecule has 0 saturated carbocycles. The zero-order chi connectivity index (χ0) is 25.3. The van der Waals surface area contributed by atoms with E-state index in [0.29, 0.717) is 16.8 Å². The van der Waals surface area contributed by atoms with E-state index in [9.17, 15) is 10.3 Å². The topological polar surface area (TPSA) is 43.4 Å². The first-order valence-electron chi connectivity index (χ1n) is 12.4. The number of para-hydroxylation sites is 1. The zero-order valence-electron chi connectivity index (χ0n) is 20.2. The van der Waals surface area contributed by atoms with Crippen LogP contribution in [-0.2, 0) is 16.3 Å². The second kappa shape index (κ2) is 9.21. The minimum atomic E-state index is -1.51. The first kappa shape index (κ1) is 23.0. The van der Waals surface area contributed by atoms with Crippen LogP contribution in [-0.4, -0.2) is 5.11 Å². The van der Waals surface area contributed by atoms with Crippen molar-refractivity contribution in [1.29, 1.82) is 0 Å². The lowest BCUT2D eigenvalue weighted by atomic mass is 9.70. The standard InChI is InChI=1S/C34H26NO2/c36-34(28-19-9-3-10-20-28,29-21-11-4-12-22-29)31-25-33(26-15-5-1-6-16-26,27-17-7-2-8-18-27)35(37)32-24-14-13-23-30(31)32/h1-25,36H. The molecule has 1 heterocycles. The van der Waals surface area contributed by atoms with E-state index in [0.717, 1.165) is 27.3 Å². The molecule has 3 heteroatoms. The van der Waals surface area contributed by atoms with Crippen molar-refractivity contribution in [2.75, 3.05) is 5.06 Å². The summed E-state index contributed by atoms with van der Waals surface area (Å²) >= 11 is 0. The van der Waals surface area contributed by atoms with E-state index in [1.165, 1.54) is 0 Å². The van der Waals surface area contributed by atoms with Crippen LogP contribution < -0.4 is 5.06 Å². The first-order valence-corrected chi connectivity index (χ1v) is 12.4. The Bertz CT molecular complexity index is 1450. The van der Waals surface area contributed by atoms with Crippen molar-refractivity contribution >= 4 is 11.3 Å². The highest BCUT2D eigenvalue weighted by Gasteiger charge is 2.49. The summed E-state index contributed by atoms with van der Waals surface area (Å²) < 4.78 is 0. The Hall–Kier alpha value is -4.44. The molecule has 0 atom stereocenters.